The van der Waals surface area contributed by atoms with Crippen molar-refractivity contribution in [1.29, 1.82) is 0 Å². The van der Waals surface area contributed by atoms with Crippen LogP contribution in [0.25, 0.3) is 33.1 Å². The van der Waals surface area contributed by atoms with E-state index in [1.165, 1.54) is 62.4 Å². The molecule has 5 amide bonds. The van der Waals surface area contributed by atoms with Crippen LogP contribution in [0.1, 0.15) is 151 Å². The van der Waals surface area contributed by atoms with Crippen molar-refractivity contribution in [3.05, 3.63) is 258 Å². The number of hydrogen-bond donors (Lipinski definition) is 7. The van der Waals surface area contributed by atoms with E-state index in [4.69, 9.17) is 149 Å². The highest BCUT2D eigenvalue weighted by Crippen LogP contribution is 2.39. The van der Waals surface area contributed by atoms with E-state index in [-0.39, 0.29) is 70.1 Å². The molecule has 12 rings (SSSR count). The van der Waals surface area contributed by atoms with Gasteiger partial charge in [-0.15, -0.1) is 12.4 Å². The molecule has 126 heavy (non-hydrogen) atoms. The first kappa shape index (κ1) is 101. The fourth-order valence-electron chi connectivity index (χ4n) is 12.2. The SMILES string of the molecule is CC(C)(F)C(=O)O.CCOc1cc2c(cc1C(=O)Nc1ccc(F)c(Cl)c1)nc(Cc1c(Cl)ccc(CN)c1Cl)n2C.CCOc1cc2c(cc1C(=O)Nc1ccc(F)c(Cl)c1)nc(Cc1c(Cl)ccc(CNC(=O)C(C)(C)F)c1Cl)n2C.CCOc1cc2c(cc1C(=O)Nc1ccc(F)c(Cl)c1)nc(Cc1c(Cl)ccc(CNC(=O)OC(C)(C)C)c1Cl)n2C.Cl. The van der Waals surface area contributed by atoms with Crippen LogP contribution in [0.15, 0.2) is 127 Å². The molecule has 9 aromatic carbocycles. The van der Waals surface area contributed by atoms with Gasteiger partial charge in [0.05, 0.1) is 99.7 Å². The number of carboxylic acid groups (broad SMARTS) is 1. The number of halogens is 15. The highest BCUT2D eigenvalue weighted by atomic mass is 35.5. The molecule has 3 aromatic heterocycles. The van der Waals surface area contributed by atoms with Gasteiger partial charge in [0, 0.05) is 110 Å². The number of benzene rings is 9. The molecule has 23 nitrogen and oxygen atoms in total. The number of carbonyl (C=O) groups excluding carboxylic acids is 5. The van der Waals surface area contributed by atoms with Gasteiger partial charge in [-0.05, 0) is 194 Å². The lowest BCUT2D eigenvalue weighted by Crippen LogP contribution is -2.38. The Morgan fingerprint density at radius 3 is 0.992 bits per heavy atom. The molecule has 0 aliphatic carbocycles. The van der Waals surface area contributed by atoms with Crippen LogP contribution in [0.2, 0.25) is 45.2 Å². The molecular formula is C88H87Cl10F5N12O11. The van der Waals surface area contributed by atoms with Crippen LogP contribution in [-0.2, 0) is 74.4 Å². The number of nitrogens with two attached hydrogens (primary N) is 1. The summed E-state index contributed by atoms with van der Waals surface area (Å²) < 4.78 is 94.7. The van der Waals surface area contributed by atoms with Crippen LogP contribution in [0.3, 0.4) is 0 Å². The molecule has 0 saturated carbocycles. The molecule has 0 spiro atoms. The van der Waals surface area contributed by atoms with E-state index in [0.717, 1.165) is 42.1 Å². The van der Waals surface area contributed by atoms with E-state index in [1.54, 1.807) is 100 Å². The third kappa shape index (κ3) is 25.7. The number of nitrogens with zero attached hydrogens (tertiary/aromatic N) is 6. The standard InChI is InChI=1S/C30H30Cl3FN4O4.C29H27Cl3F2N4O3.C25H22Cl3FN4O2.C4H7FO2.ClH/c1-6-41-25-14-24-23(12-19(25)28(39)36-17-8-10-22(34)21(32)11-17)37-26(38(24)5)13-18-20(31)9-7-16(27(18)33)15-35-29(40)42-30(2,3)4;1-5-41-24-13-23-22(11-18(24)27(39)36-16-7-9-21(33)20(31)10-16)37-25(38(23)4)12-17-19(30)8-6-15(26(17)32)14-35-28(40)29(2,3)34;1-3-35-22-11-21-20(9-16(22)25(34)31-14-5-7-19(29)18(27)8-14)32-23(33(21)2)10-15-17(26)6-4-13(12-30)24(15)28;1-4(2,5)3(6)7;/h7-12,14H,6,13,15H2,1-5H3,(H,35,40)(H,36,39);6-11,13H,5,12,14H2,1-4H3,(H,35,40)(H,36,39);4-9,11H,3,10,12,30H2,1-2H3,(H,31,34);1-2H3,(H,6,7);1H. The smallest absolute Gasteiger partial charge is 0.407 e. The number of carboxylic acids is 1. The number of rotatable bonds is 25. The minimum atomic E-state index is -2.08. The maximum atomic E-state index is 13.9. The number of imidazole rings is 3. The van der Waals surface area contributed by atoms with Gasteiger partial charge in [0.2, 0.25) is 5.67 Å². The van der Waals surface area contributed by atoms with Crippen LogP contribution >= 0.6 is 117 Å². The van der Waals surface area contributed by atoms with Gasteiger partial charge in [0.25, 0.3) is 23.6 Å². The molecule has 12 aromatic rings. The monoisotopic (exact) mass is 1930 g/mol. The quantitative estimate of drug-likeness (QED) is 0.0262. The van der Waals surface area contributed by atoms with Gasteiger partial charge < -0.3 is 70.1 Å². The molecule has 0 fully saturated rings. The Morgan fingerprint density at radius 1 is 0.429 bits per heavy atom. The van der Waals surface area contributed by atoms with Crippen LogP contribution < -0.4 is 46.5 Å². The maximum absolute atomic E-state index is 13.9. The van der Waals surface area contributed by atoms with Gasteiger partial charge in [0.15, 0.2) is 5.67 Å². The molecule has 38 heteroatoms. The third-order valence-electron chi connectivity index (χ3n) is 18.7. The predicted molar refractivity (Wildman–Crippen MR) is 490 cm³/mol. The third-order valence-corrected chi connectivity index (χ3v) is 22.1. The number of alkyl carbamates (subject to hydrolysis) is 1. The minimum Gasteiger partial charge on any atom is -0.493 e. The second-order valence-electron chi connectivity index (χ2n) is 29.8. The fraction of sp³-hybridized carbons (Fsp3) is 0.284. The van der Waals surface area contributed by atoms with Crippen molar-refractivity contribution in [3.8, 4) is 17.2 Å². The maximum Gasteiger partial charge on any atom is 0.407 e. The summed E-state index contributed by atoms with van der Waals surface area (Å²) in [5.74, 6) is -2.30. The molecule has 0 bridgehead atoms. The minimum absolute atomic E-state index is 0. The number of hydrogen-bond acceptors (Lipinski definition) is 14. The second kappa shape index (κ2) is 43.6. The summed E-state index contributed by atoms with van der Waals surface area (Å²) in [6, 6.07) is 32.3. The summed E-state index contributed by atoms with van der Waals surface area (Å²) in [6.45, 7) is 16.6. The lowest BCUT2D eigenvalue weighted by molar-refractivity contribution is -0.148. The number of anilines is 3. The molecule has 0 aliphatic heterocycles. The van der Waals surface area contributed by atoms with E-state index < -0.39 is 70.1 Å². The lowest BCUT2D eigenvalue weighted by atomic mass is 10.1. The molecule has 3 heterocycles. The van der Waals surface area contributed by atoms with Gasteiger partial charge in [0.1, 0.15) is 57.8 Å². The molecule has 8 N–H and O–H groups in total. The van der Waals surface area contributed by atoms with Gasteiger partial charge in [-0.1, -0.05) is 123 Å². The summed E-state index contributed by atoms with van der Waals surface area (Å²) in [7, 11) is 5.53. The van der Waals surface area contributed by atoms with Crippen molar-refractivity contribution in [3.63, 3.8) is 0 Å². The molecular weight excluding hydrogens is 1850 g/mol. The predicted octanol–water partition coefficient (Wildman–Crippen LogP) is 22.8. The van der Waals surface area contributed by atoms with Crippen molar-refractivity contribution >= 4 is 203 Å². The van der Waals surface area contributed by atoms with E-state index in [0.29, 0.717) is 159 Å². The Kier molecular flexibility index (Phi) is 35.1. The topological polar surface area (TPSA) is 299 Å². The highest BCUT2D eigenvalue weighted by Gasteiger charge is 2.30. The Bertz CT molecular complexity index is 6120. The molecule has 0 radical (unpaired) electrons. The lowest BCUT2D eigenvalue weighted by Gasteiger charge is -2.20. The van der Waals surface area contributed by atoms with E-state index in [9.17, 15) is 50.7 Å². The second-order valence-corrected chi connectivity index (χ2v) is 33.4. The van der Waals surface area contributed by atoms with Crippen LogP contribution in [0, 0.1) is 17.5 Å². The largest absolute Gasteiger partial charge is 0.493 e. The first-order valence-corrected chi connectivity index (χ1v) is 41.7. The molecule has 0 atom stereocenters. The zero-order valence-electron chi connectivity index (χ0n) is 70.0. The Labute approximate surface area is 773 Å². The van der Waals surface area contributed by atoms with Crippen molar-refractivity contribution in [2.75, 3.05) is 35.8 Å². The van der Waals surface area contributed by atoms with E-state index >= 15 is 0 Å². The zero-order chi connectivity index (χ0) is 92.2. The number of aryl methyl sites for hydroxylation is 3. The summed E-state index contributed by atoms with van der Waals surface area (Å²) in [5.41, 5.74) is 10.7. The number of aliphatic carboxylic acids is 1. The van der Waals surface area contributed by atoms with Gasteiger partial charge in [-0.2, -0.15) is 0 Å². The highest BCUT2D eigenvalue weighted by molar-refractivity contribution is 6.38. The summed E-state index contributed by atoms with van der Waals surface area (Å²) >= 11 is 57.0. The number of ether oxygens (including phenoxy) is 4. The molecule has 0 aliphatic rings. The normalized spacial score (nSPS) is 11.3. The van der Waals surface area contributed by atoms with Crippen LogP contribution in [-0.4, -0.2) is 106 Å². The number of fused-ring (bicyclic) bond motifs is 3. The molecule has 0 unspecified atom stereocenters. The number of nitrogens with one attached hydrogen (secondary N) is 5. The summed E-state index contributed by atoms with van der Waals surface area (Å²) in [5, 5.41) is 23.6. The van der Waals surface area contributed by atoms with E-state index in [1.807, 2.05) is 48.7 Å². The molecule has 670 valence electrons. The van der Waals surface area contributed by atoms with Crippen LogP contribution in [0.5, 0.6) is 17.2 Å². The van der Waals surface area contributed by atoms with Gasteiger partial charge in [-0.3, -0.25) is 19.2 Å². The van der Waals surface area contributed by atoms with Crippen molar-refractivity contribution in [1.82, 2.24) is 39.3 Å². The van der Waals surface area contributed by atoms with Crippen molar-refractivity contribution in [2.45, 2.75) is 125 Å². The Morgan fingerprint density at radius 2 is 0.722 bits per heavy atom. The fourth-order valence-corrected chi connectivity index (χ4v) is 14.4. The van der Waals surface area contributed by atoms with Crippen molar-refractivity contribution in [2.24, 2.45) is 26.9 Å². The van der Waals surface area contributed by atoms with E-state index in [2.05, 4.69) is 26.6 Å². The van der Waals surface area contributed by atoms with Gasteiger partial charge in [-0.25, -0.2) is 46.5 Å². The molecule has 0 saturated heterocycles. The summed E-state index contributed by atoms with van der Waals surface area (Å²) in [4.78, 5) is 87.5. The Balaban J connectivity index is 0.000000225. The zero-order valence-corrected chi connectivity index (χ0v) is 77.6. The van der Waals surface area contributed by atoms with Gasteiger partial charge >= 0.3 is 12.1 Å². The Hall–Kier alpha value is -10.1. The average Bonchev–Trinajstić information content (AvgIpc) is 1.77. The first-order valence-electron chi connectivity index (χ1n) is 38.3. The summed E-state index contributed by atoms with van der Waals surface area (Å²) in [6.07, 6.45) is 0.329. The number of amides is 5. The number of aromatic nitrogens is 6. The average molecular weight is 1940 g/mol. The van der Waals surface area contributed by atoms with Crippen molar-refractivity contribution < 1.29 is 74.8 Å². The number of carbonyl (C=O) groups is 6. The van der Waals surface area contributed by atoms with Crippen LogP contribution in [0.4, 0.5) is 43.8 Å². The number of alkyl halides is 2. The first-order chi connectivity index (χ1) is 58.7.